The highest BCUT2D eigenvalue weighted by Crippen LogP contribution is 2.40. The van der Waals surface area contributed by atoms with E-state index in [-0.39, 0.29) is 19.2 Å². The Morgan fingerprint density at radius 3 is 2.56 bits per heavy atom. The second kappa shape index (κ2) is 10.4. The number of nitrogens with zero attached hydrogens (tertiary/aromatic N) is 5. The van der Waals surface area contributed by atoms with Gasteiger partial charge in [-0.25, -0.2) is 19.4 Å². The number of aromatic nitrogens is 3. The summed E-state index contributed by atoms with van der Waals surface area (Å²) in [6.07, 6.45) is 5.76. The Morgan fingerprint density at radius 2 is 1.85 bits per heavy atom. The minimum absolute atomic E-state index is 0.0571. The third kappa shape index (κ3) is 5.25. The van der Waals surface area contributed by atoms with Crippen LogP contribution in [0.1, 0.15) is 61.9 Å². The largest absolute Gasteiger partial charge is 0.493 e. The lowest BCUT2D eigenvalue weighted by Crippen LogP contribution is -2.24. The molecule has 1 fully saturated rings. The molecule has 12 heteroatoms. The van der Waals surface area contributed by atoms with E-state index in [0.29, 0.717) is 17.7 Å². The Bertz CT molecular complexity index is 1440. The molecule has 0 amide bonds. The first kappa shape index (κ1) is 25.5. The molecule has 3 heterocycles. The van der Waals surface area contributed by atoms with Crippen LogP contribution in [0.2, 0.25) is 0 Å². The number of rotatable bonds is 6. The predicted octanol–water partition coefficient (Wildman–Crippen LogP) is 6.66. The van der Waals surface area contributed by atoms with Crippen molar-refractivity contribution >= 4 is 5.65 Å². The molecular formula is C27H27F4N7O. The zero-order valence-electron chi connectivity index (χ0n) is 21.0. The summed E-state index contributed by atoms with van der Waals surface area (Å²) in [7, 11) is 0. The van der Waals surface area contributed by atoms with E-state index in [0.717, 1.165) is 53.7 Å². The van der Waals surface area contributed by atoms with Crippen molar-refractivity contribution in [2.75, 3.05) is 6.61 Å². The summed E-state index contributed by atoms with van der Waals surface area (Å²) in [5, 5.41) is 12.6. The maximum absolute atomic E-state index is 13.8. The molecule has 39 heavy (non-hydrogen) atoms. The Morgan fingerprint density at radius 1 is 1.05 bits per heavy atom. The van der Waals surface area contributed by atoms with Gasteiger partial charge in [0.1, 0.15) is 11.6 Å². The van der Waals surface area contributed by atoms with E-state index < -0.39 is 23.5 Å². The van der Waals surface area contributed by atoms with Crippen LogP contribution in [0.4, 0.5) is 17.6 Å². The van der Waals surface area contributed by atoms with Gasteiger partial charge in [0.05, 0.1) is 24.1 Å². The first-order chi connectivity index (χ1) is 18.9. The van der Waals surface area contributed by atoms with E-state index >= 15 is 0 Å². The van der Waals surface area contributed by atoms with Crippen molar-refractivity contribution < 1.29 is 22.3 Å². The summed E-state index contributed by atoms with van der Waals surface area (Å²) in [5.41, 5.74) is 9.28. The number of alkyl halides is 3. The summed E-state index contributed by atoms with van der Waals surface area (Å²) in [6, 6.07) is 7.36. The summed E-state index contributed by atoms with van der Waals surface area (Å²) in [6.45, 7) is -0.0571. The number of nitrogens with one attached hydrogen (secondary N) is 2. The van der Waals surface area contributed by atoms with Crippen LogP contribution in [0, 0.1) is 5.92 Å². The first-order valence-corrected chi connectivity index (χ1v) is 13.0. The highest BCUT2D eigenvalue weighted by molar-refractivity contribution is 5.69. The highest BCUT2D eigenvalue weighted by atomic mass is 19.4. The number of fused-ring (bicyclic) bond motifs is 1. The molecule has 204 valence electrons. The third-order valence-corrected chi connectivity index (χ3v) is 7.48. The molecule has 2 aromatic heterocycles. The monoisotopic (exact) mass is 541 g/mol. The van der Waals surface area contributed by atoms with Crippen molar-refractivity contribution in [3.8, 4) is 16.9 Å². The molecule has 0 spiro atoms. The van der Waals surface area contributed by atoms with Crippen molar-refractivity contribution in [1.29, 1.82) is 0 Å². The van der Waals surface area contributed by atoms with Crippen LogP contribution in [-0.4, -0.2) is 27.4 Å². The standard InChI is InChI=1S/C27H27F4N7O/c28-20-11-16(10-19(12-20)27(29,30)31)15-39-21-8-6-17(7-9-21)22-13-32-26-23(25-34-36-37-35-25)14-33-38(26)24(22)18-4-2-1-3-5-18/h6-9,11-14,16,18,25H,1-5,10,15H2,(H,34,37)(H,35,36). The van der Waals surface area contributed by atoms with Gasteiger partial charge in [0.2, 0.25) is 0 Å². The van der Waals surface area contributed by atoms with Gasteiger partial charge in [0, 0.05) is 29.2 Å². The van der Waals surface area contributed by atoms with Crippen LogP contribution < -0.4 is 15.7 Å². The second-order valence-electron chi connectivity index (χ2n) is 10.1. The van der Waals surface area contributed by atoms with E-state index in [1.54, 1.807) is 18.3 Å². The molecule has 2 unspecified atom stereocenters. The molecule has 6 rings (SSSR count). The molecule has 1 saturated carbocycles. The van der Waals surface area contributed by atoms with Crippen LogP contribution in [0.25, 0.3) is 16.8 Å². The Kier molecular flexibility index (Phi) is 6.79. The summed E-state index contributed by atoms with van der Waals surface area (Å²) in [4.78, 5) is 4.73. The average Bonchev–Trinajstić information content (AvgIpc) is 3.61. The van der Waals surface area contributed by atoms with Crippen molar-refractivity contribution in [3.63, 3.8) is 0 Å². The van der Waals surface area contributed by atoms with Crippen LogP contribution in [0.5, 0.6) is 5.75 Å². The lowest BCUT2D eigenvalue weighted by molar-refractivity contribution is -0.0956. The van der Waals surface area contributed by atoms with E-state index in [9.17, 15) is 17.6 Å². The number of hydrogen-bond acceptors (Lipinski definition) is 7. The smallest absolute Gasteiger partial charge is 0.412 e. The average molecular weight is 542 g/mol. The molecule has 0 radical (unpaired) electrons. The number of benzene rings is 1. The molecule has 3 aliphatic rings. The number of ether oxygens (including phenoxy) is 1. The topological polar surface area (TPSA) is 88.2 Å². The summed E-state index contributed by atoms with van der Waals surface area (Å²) in [5.74, 6) is -0.770. The number of allylic oxidation sites excluding steroid dienone is 3. The fourth-order valence-corrected chi connectivity index (χ4v) is 5.57. The van der Waals surface area contributed by atoms with Gasteiger partial charge in [-0.05, 0) is 49.1 Å². The van der Waals surface area contributed by atoms with Gasteiger partial charge >= 0.3 is 6.18 Å². The fraction of sp³-hybridized carbons (Fsp3) is 0.407. The van der Waals surface area contributed by atoms with Crippen LogP contribution in [0.3, 0.4) is 0 Å². The zero-order chi connectivity index (χ0) is 27.0. The minimum Gasteiger partial charge on any atom is -0.493 e. The summed E-state index contributed by atoms with van der Waals surface area (Å²) < 4.78 is 60.7. The molecule has 2 atom stereocenters. The van der Waals surface area contributed by atoms with Gasteiger partial charge in [-0.1, -0.05) is 36.6 Å². The van der Waals surface area contributed by atoms with Crippen molar-refractivity contribution in [2.24, 2.45) is 16.3 Å². The van der Waals surface area contributed by atoms with Crippen LogP contribution >= 0.6 is 0 Å². The van der Waals surface area contributed by atoms with Gasteiger partial charge < -0.3 is 4.74 Å². The van der Waals surface area contributed by atoms with Gasteiger partial charge in [-0.15, -0.1) is 5.11 Å². The first-order valence-electron chi connectivity index (χ1n) is 13.0. The van der Waals surface area contributed by atoms with Crippen LogP contribution in [-0.2, 0) is 0 Å². The van der Waals surface area contributed by atoms with Gasteiger partial charge in [-0.2, -0.15) is 23.7 Å². The van der Waals surface area contributed by atoms with E-state index in [2.05, 4.69) is 21.3 Å². The molecular weight excluding hydrogens is 514 g/mol. The highest BCUT2D eigenvalue weighted by Gasteiger charge is 2.36. The second-order valence-corrected chi connectivity index (χ2v) is 10.1. The van der Waals surface area contributed by atoms with Crippen molar-refractivity contribution in [1.82, 2.24) is 25.6 Å². The normalized spacial score (nSPS) is 22.1. The quantitative estimate of drug-likeness (QED) is 0.341. The van der Waals surface area contributed by atoms with Crippen molar-refractivity contribution in [2.45, 2.75) is 56.8 Å². The molecule has 2 aliphatic carbocycles. The molecule has 1 aliphatic heterocycles. The van der Waals surface area contributed by atoms with Crippen LogP contribution in [0.15, 0.2) is 70.5 Å². The molecule has 2 N–H and O–H groups in total. The fourth-order valence-electron chi connectivity index (χ4n) is 5.57. The van der Waals surface area contributed by atoms with E-state index in [1.807, 2.05) is 22.8 Å². The SMILES string of the molecule is FC1=CC(COc2ccc(-c3cnc4c(C5N=NNN5)cnn4c3C3CCCCC3)cc2)CC(C(F)(F)F)=C1. The predicted molar refractivity (Wildman–Crippen MR) is 135 cm³/mol. The van der Waals surface area contributed by atoms with E-state index in [4.69, 9.17) is 14.8 Å². The number of halogens is 4. The molecule has 1 aromatic carbocycles. The number of hydrazine groups is 1. The lowest BCUT2D eigenvalue weighted by Gasteiger charge is -2.25. The van der Waals surface area contributed by atoms with Gasteiger partial charge in [0.15, 0.2) is 11.8 Å². The minimum atomic E-state index is -4.55. The van der Waals surface area contributed by atoms with Crippen molar-refractivity contribution in [3.05, 3.63) is 71.5 Å². The molecule has 8 nitrogen and oxygen atoms in total. The van der Waals surface area contributed by atoms with Gasteiger partial charge in [-0.3, -0.25) is 0 Å². The van der Waals surface area contributed by atoms with Gasteiger partial charge in [0.25, 0.3) is 0 Å². The molecule has 3 aromatic rings. The third-order valence-electron chi connectivity index (χ3n) is 7.48. The lowest BCUT2D eigenvalue weighted by atomic mass is 9.84. The number of hydrogen-bond donors (Lipinski definition) is 2. The summed E-state index contributed by atoms with van der Waals surface area (Å²) >= 11 is 0. The Balaban J connectivity index is 1.25. The Labute approximate surface area is 221 Å². The zero-order valence-corrected chi connectivity index (χ0v) is 21.0. The van der Waals surface area contributed by atoms with E-state index in [1.165, 1.54) is 12.5 Å². The maximum Gasteiger partial charge on any atom is 0.412 e. The Hall–Kier alpha value is -3.80. The molecule has 0 bridgehead atoms. The maximum atomic E-state index is 13.8. The molecule has 0 saturated heterocycles.